The Kier molecular flexibility index (Phi) is 8.92. The van der Waals surface area contributed by atoms with E-state index < -0.39 is 39.2 Å². The molecule has 0 unspecified atom stereocenters. The van der Waals surface area contributed by atoms with E-state index in [1.165, 1.54) is 17.7 Å². The Morgan fingerprint density at radius 1 is 1.03 bits per heavy atom. The molecular weight excluding hydrogens is 410 g/mol. The summed E-state index contributed by atoms with van der Waals surface area (Å²) < 4.78 is 49.7. The molecule has 0 radical (unpaired) electrons. The fourth-order valence-corrected chi connectivity index (χ4v) is 3.77. The van der Waals surface area contributed by atoms with Crippen molar-refractivity contribution in [3.05, 3.63) is 70.8 Å². The van der Waals surface area contributed by atoms with E-state index >= 15 is 0 Å². The van der Waals surface area contributed by atoms with Crippen LogP contribution in [0.4, 0.5) is 8.78 Å². The second-order valence-corrected chi connectivity index (χ2v) is 9.60. The van der Waals surface area contributed by atoms with Gasteiger partial charge in [0, 0.05) is 24.9 Å². The van der Waals surface area contributed by atoms with E-state index in [1.807, 2.05) is 12.1 Å². The second-order valence-electron chi connectivity index (χ2n) is 7.46. The van der Waals surface area contributed by atoms with Gasteiger partial charge < -0.3 is 10.6 Å². The van der Waals surface area contributed by atoms with Gasteiger partial charge in [0.05, 0.1) is 0 Å². The first kappa shape index (κ1) is 24.0. The number of nitrogens with one attached hydrogen (secondary N) is 2. The van der Waals surface area contributed by atoms with Gasteiger partial charge in [-0.25, -0.2) is 17.2 Å². The van der Waals surface area contributed by atoms with Gasteiger partial charge in [0.1, 0.15) is 17.4 Å². The quantitative estimate of drug-likeness (QED) is 0.529. The summed E-state index contributed by atoms with van der Waals surface area (Å²) >= 11 is 0. The van der Waals surface area contributed by atoms with Gasteiger partial charge in [0.15, 0.2) is 9.84 Å². The first-order chi connectivity index (χ1) is 14.1. The third-order valence-corrected chi connectivity index (χ3v) is 5.35. The number of aryl methyl sites for hydroxylation is 1. The average Bonchev–Trinajstić information content (AvgIpc) is 2.63. The van der Waals surface area contributed by atoms with Crippen LogP contribution in [0.25, 0.3) is 0 Å². The molecule has 0 spiro atoms. The average molecular weight is 439 g/mol. The Hall–Kier alpha value is -2.32. The highest BCUT2D eigenvalue weighted by molar-refractivity contribution is 7.91. The van der Waals surface area contributed by atoms with Crippen LogP contribution in [0, 0.1) is 11.6 Å². The van der Waals surface area contributed by atoms with Crippen molar-refractivity contribution in [3.63, 3.8) is 0 Å². The number of carbonyl (C=O) groups excluding carboxylic acids is 1. The Morgan fingerprint density at radius 3 is 2.33 bits per heavy atom. The number of hydrogen-bond donors (Lipinski definition) is 2. The predicted octanol–water partition coefficient (Wildman–Crippen LogP) is 2.78. The SMILES string of the molecule is CCc1cccc(CNCC[C@@H](Cc2cc(F)cc(F)c2)NC(=O)CS(C)(=O)=O)c1. The van der Waals surface area contributed by atoms with Crippen molar-refractivity contribution < 1.29 is 22.0 Å². The van der Waals surface area contributed by atoms with Gasteiger partial charge in [-0.3, -0.25) is 4.79 Å². The predicted molar refractivity (Wildman–Crippen MR) is 114 cm³/mol. The van der Waals surface area contributed by atoms with E-state index in [2.05, 4.69) is 29.7 Å². The van der Waals surface area contributed by atoms with Crippen molar-refractivity contribution >= 4 is 15.7 Å². The fourth-order valence-electron chi connectivity index (χ4n) is 3.21. The molecule has 0 fully saturated rings. The second kappa shape index (κ2) is 11.2. The molecule has 8 heteroatoms. The highest BCUT2D eigenvalue weighted by Crippen LogP contribution is 2.12. The van der Waals surface area contributed by atoms with E-state index in [4.69, 9.17) is 0 Å². The highest BCUT2D eigenvalue weighted by atomic mass is 32.2. The van der Waals surface area contributed by atoms with Crippen LogP contribution in [0.2, 0.25) is 0 Å². The molecule has 30 heavy (non-hydrogen) atoms. The normalized spacial score (nSPS) is 12.5. The Bertz CT molecular complexity index is 944. The molecule has 0 saturated carbocycles. The summed E-state index contributed by atoms with van der Waals surface area (Å²) in [5.74, 6) is -2.64. The largest absolute Gasteiger partial charge is 0.352 e. The van der Waals surface area contributed by atoms with E-state index in [0.717, 1.165) is 24.3 Å². The summed E-state index contributed by atoms with van der Waals surface area (Å²) in [6.07, 6.45) is 2.60. The Morgan fingerprint density at radius 2 is 1.70 bits per heavy atom. The summed E-state index contributed by atoms with van der Waals surface area (Å²) in [6.45, 7) is 3.27. The van der Waals surface area contributed by atoms with Crippen LogP contribution in [-0.2, 0) is 34.0 Å². The van der Waals surface area contributed by atoms with Crippen LogP contribution in [0.3, 0.4) is 0 Å². The summed E-state index contributed by atoms with van der Waals surface area (Å²) in [5, 5.41) is 5.97. The first-order valence-electron chi connectivity index (χ1n) is 9.85. The lowest BCUT2D eigenvalue weighted by atomic mass is 10.0. The maximum absolute atomic E-state index is 13.5. The van der Waals surface area contributed by atoms with Crippen LogP contribution in [0.5, 0.6) is 0 Å². The van der Waals surface area contributed by atoms with Crippen molar-refractivity contribution in [2.45, 2.75) is 38.8 Å². The molecule has 2 rings (SSSR count). The summed E-state index contributed by atoms with van der Waals surface area (Å²) in [4.78, 5) is 12.1. The van der Waals surface area contributed by atoms with Crippen LogP contribution in [0.1, 0.15) is 30.0 Å². The summed E-state index contributed by atoms with van der Waals surface area (Å²) in [5.41, 5.74) is 2.78. The molecule has 0 aliphatic carbocycles. The van der Waals surface area contributed by atoms with Crippen molar-refractivity contribution in [1.82, 2.24) is 10.6 Å². The topological polar surface area (TPSA) is 75.3 Å². The minimum Gasteiger partial charge on any atom is -0.352 e. The molecule has 2 aromatic carbocycles. The minimum atomic E-state index is -3.47. The number of hydrogen-bond acceptors (Lipinski definition) is 4. The molecule has 0 aliphatic rings. The van der Waals surface area contributed by atoms with Crippen molar-refractivity contribution in [2.24, 2.45) is 0 Å². The van der Waals surface area contributed by atoms with Crippen LogP contribution in [-0.4, -0.2) is 38.9 Å². The van der Waals surface area contributed by atoms with Gasteiger partial charge in [0.25, 0.3) is 0 Å². The number of benzene rings is 2. The molecule has 0 aromatic heterocycles. The molecule has 0 heterocycles. The number of halogens is 2. The van der Waals surface area contributed by atoms with E-state index in [0.29, 0.717) is 25.1 Å². The molecule has 1 atom stereocenters. The van der Waals surface area contributed by atoms with Crippen molar-refractivity contribution in [2.75, 3.05) is 18.6 Å². The van der Waals surface area contributed by atoms with Crippen LogP contribution < -0.4 is 10.6 Å². The lowest BCUT2D eigenvalue weighted by molar-refractivity contribution is -0.119. The minimum absolute atomic E-state index is 0.192. The molecule has 5 nitrogen and oxygen atoms in total. The van der Waals surface area contributed by atoms with Gasteiger partial charge in [-0.15, -0.1) is 0 Å². The molecule has 1 amide bonds. The zero-order valence-electron chi connectivity index (χ0n) is 17.3. The van der Waals surface area contributed by atoms with Crippen LogP contribution in [0.15, 0.2) is 42.5 Å². The highest BCUT2D eigenvalue weighted by Gasteiger charge is 2.17. The standard InChI is InChI=1S/C22H28F2N2O3S/c1-3-16-5-4-6-17(9-16)14-25-8-7-21(26-22(27)15-30(2,28)29)12-18-10-19(23)13-20(24)11-18/h4-6,9-11,13,21,25H,3,7-8,12,14-15H2,1-2H3,(H,26,27)/t21-/m0/s1. The third-order valence-electron chi connectivity index (χ3n) is 4.56. The van der Waals surface area contributed by atoms with E-state index in [-0.39, 0.29) is 6.42 Å². The monoisotopic (exact) mass is 438 g/mol. The van der Waals surface area contributed by atoms with Gasteiger partial charge >= 0.3 is 0 Å². The molecule has 0 bridgehead atoms. The first-order valence-corrected chi connectivity index (χ1v) is 11.9. The van der Waals surface area contributed by atoms with E-state index in [1.54, 1.807) is 0 Å². The maximum atomic E-state index is 13.5. The number of carbonyl (C=O) groups is 1. The van der Waals surface area contributed by atoms with E-state index in [9.17, 15) is 22.0 Å². The zero-order chi connectivity index (χ0) is 22.1. The molecule has 2 N–H and O–H groups in total. The smallest absolute Gasteiger partial charge is 0.235 e. The zero-order valence-corrected chi connectivity index (χ0v) is 18.1. The van der Waals surface area contributed by atoms with Crippen molar-refractivity contribution in [3.8, 4) is 0 Å². The Balaban J connectivity index is 1.98. The lowest BCUT2D eigenvalue weighted by Gasteiger charge is -2.19. The van der Waals surface area contributed by atoms with Crippen LogP contribution >= 0.6 is 0 Å². The lowest BCUT2D eigenvalue weighted by Crippen LogP contribution is -2.41. The fraction of sp³-hybridized carbons (Fsp3) is 0.409. The molecule has 2 aromatic rings. The van der Waals surface area contributed by atoms with Gasteiger partial charge in [-0.1, -0.05) is 31.2 Å². The molecule has 0 saturated heterocycles. The third kappa shape index (κ3) is 9.00. The number of rotatable bonds is 11. The molecule has 164 valence electrons. The number of sulfone groups is 1. The molecular formula is C22H28F2N2O3S. The van der Waals surface area contributed by atoms with Gasteiger partial charge in [0.2, 0.25) is 5.91 Å². The summed E-state index contributed by atoms with van der Waals surface area (Å²) in [7, 11) is -3.47. The maximum Gasteiger partial charge on any atom is 0.235 e. The summed E-state index contributed by atoms with van der Waals surface area (Å²) in [6, 6.07) is 10.9. The van der Waals surface area contributed by atoms with Gasteiger partial charge in [-0.05, 0) is 54.6 Å². The number of amides is 1. The Labute approximate surface area is 176 Å². The molecule has 0 aliphatic heterocycles. The van der Waals surface area contributed by atoms with Gasteiger partial charge in [-0.2, -0.15) is 0 Å². The van der Waals surface area contributed by atoms with Crippen molar-refractivity contribution in [1.29, 1.82) is 0 Å².